The predicted molar refractivity (Wildman–Crippen MR) is 91.4 cm³/mol. The van der Waals surface area contributed by atoms with Gasteiger partial charge in [-0.3, -0.25) is 9.89 Å². The molecule has 1 heterocycles. The van der Waals surface area contributed by atoms with Crippen LogP contribution in [0.5, 0.6) is 0 Å². The lowest BCUT2D eigenvalue weighted by molar-refractivity contribution is -0.118. The average Bonchev–Trinajstić information content (AvgIpc) is 3.08. The standard InChI is InChI=1S/C17H22N4O3/c1-11(2)10-15(20-17(23)24-3)16(22)19-13-6-4-12(5-7-13)14-8-9-18-21-14/h4-9,11,15H,10H2,1-3H3,(H,18,21)(H,19,22)(H,20,23)/t15-/m0/s1. The maximum Gasteiger partial charge on any atom is 0.407 e. The molecule has 0 aliphatic rings. The topological polar surface area (TPSA) is 96.1 Å². The Bertz CT molecular complexity index is 666. The Hall–Kier alpha value is -2.83. The van der Waals surface area contributed by atoms with Crippen molar-refractivity contribution in [1.82, 2.24) is 15.5 Å². The Kier molecular flexibility index (Phi) is 5.95. The van der Waals surface area contributed by atoms with Crippen LogP contribution in [0.25, 0.3) is 11.3 Å². The van der Waals surface area contributed by atoms with Crippen LogP contribution in [0.4, 0.5) is 10.5 Å². The van der Waals surface area contributed by atoms with Crippen molar-refractivity contribution in [2.75, 3.05) is 12.4 Å². The van der Waals surface area contributed by atoms with Gasteiger partial charge < -0.3 is 15.4 Å². The number of nitrogens with zero attached hydrogens (tertiary/aromatic N) is 1. The summed E-state index contributed by atoms with van der Waals surface area (Å²) in [6.45, 7) is 3.97. The smallest absolute Gasteiger partial charge is 0.407 e. The van der Waals surface area contributed by atoms with E-state index in [4.69, 9.17) is 0 Å². The molecule has 0 spiro atoms. The molecule has 1 atom stereocenters. The molecule has 7 heteroatoms. The molecule has 0 aliphatic carbocycles. The van der Waals surface area contributed by atoms with Gasteiger partial charge in [-0.25, -0.2) is 4.79 Å². The van der Waals surface area contributed by atoms with Crippen LogP contribution in [0.2, 0.25) is 0 Å². The fourth-order valence-corrected chi connectivity index (χ4v) is 2.28. The van der Waals surface area contributed by atoms with Crippen molar-refractivity contribution in [3.05, 3.63) is 36.5 Å². The zero-order valence-corrected chi connectivity index (χ0v) is 14.0. The van der Waals surface area contributed by atoms with Gasteiger partial charge in [0.1, 0.15) is 6.04 Å². The normalized spacial score (nSPS) is 11.8. The highest BCUT2D eigenvalue weighted by Crippen LogP contribution is 2.19. The number of methoxy groups -OCH3 is 1. The zero-order chi connectivity index (χ0) is 17.5. The number of nitrogens with one attached hydrogen (secondary N) is 3. The molecule has 0 saturated heterocycles. The molecular formula is C17H22N4O3. The van der Waals surface area contributed by atoms with Crippen molar-refractivity contribution >= 4 is 17.7 Å². The first-order valence-corrected chi connectivity index (χ1v) is 7.74. The Labute approximate surface area is 140 Å². The van der Waals surface area contributed by atoms with Crippen LogP contribution in [0.3, 0.4) is 0 Å². The van der Waals surface area contributed by atoms with Gasteiger partial charge >= 0.3 is 6.09 Å². The van der Waals surface area contributed by atoms with Gasteiger partial charge in [0.15, 0.2) is 0 Å². The number of H-pyrrole nitrogens is 1. The number of hydrogen-bond donors (Lipinski definition) is 3. The second-order valence-electron chi connectivity index (χ2n) is 5.85. The molecule has 128 valence electrons. The molecule has 0 saturated carbocycles. The van der Waals surface area contributed by atoms with E-state index >= 15 is 0 Å². The molecule has 2 amide bonds. The fourth-order valence-electron chi connectivity index (χ4n) is 2.28. The lowest BCUT2D eigenvalue weighted by Crippen LogP contribution is -2.44. The van der Waals surface area contributed by atoms with Gasteiger partial charge in [-0.05, 0) is 36.1 Å². The number of amides is 2. The van der Waals surface area contributed by atoms with Crippen molar-refractivity contribution < 1.29 is 14.3 Å². The summed E-state index contributed by atoms with van der Waals surface area (Å²) in [5.74, 6) is -0.0240. The second-order valence-corrected chi connectivity index (χ2v) is 5.85. The number of anilines is 1. The molecule has 1 aromatic carbocycles. The highest BCUT2D eigenvalue weighted by Gasteiger charge is 2.22. The maximum absolute atomic E-state index is 12.4. The molecular weight excluding hydrogens is 308 g/mol. The van der Waals surface area contributed by atoms with Crippen LogP contribution >= 0.6 is 0 Å². The van der Waals surface area contributed by atoms with Crippen molar-refractivity contribution in [3.63, 3.8) is 0 Å². The van der Waals surface area contributed by atoms with E-state index in [1.165, 1.54) is 7.11 Å². The van der Waals surface area contributed by atoms with E-state index < -0.39 is 12.1 Å². The maximum atomic E-state index is 12.4. The lowest BCUT2D eigenvalue weighted by Gasteiger charge is -2.19. The van der Waals surface area contributed by atoms with E-state index in [2.05, 4.69) is 25.6 Å². The molecule has 1 aromatic heterocycles. The Morgan fingerprint density at radius 3 is 2.46 bits per heavy atom. The summed E-state index contributed by atoms with van der Waals surface area (Å²) in [5, 5.41) is 12.2. The van der Waals surface area contributed by atoms with Gasteiger partial charge in [0.2, 0.25) is 5.91 Å². The summed E-state index contributed by atoms with van der Waals surface area (Å²) in [7, 11) is 1.27. The van der Waals surface area contributed by atoms with Crippen molar-refractivity contribution in [2.24, 2.45) is 5.92 Å². The average molecular weight is 330 g/mol. The Morgan fingerprint density at radius 2 is 1.92 bits per heavy atom. The molecule has 2 aromatic rings. The molecule has 7 nitrogen and oxygen atoms in total. The van der Waals surface area contributed by atoms with E-state index in [-0.39, 0.29) is 11.8 Å². The van der Waals surface area contributed by atoms with E-state index in [0.29, 0.717) is 12.1 Å². The van der Waals surface area contributed by atoms with Crippen molar-refractivity contribution in [2.45, 2.75) is 26.3 Å². The largest absolute Gasteiger partial charge is 0.453 e. The second kappa shape index (κ2) is 8.14. The third kappa shape index (κ3) is 4.84. The number of ether oxygens (including phenoxy) is 1. The SMILES string of the molecule is COC(=O)N[C@@H](CC(C)C)C(=O)Nc1ccc(-c2ccn[nH]2)cc1. The highest BCUT2D eigenvalue weighted by atomic mass is 16.5. The van der Waals surface area contributed by atoms with Crippen LogP contribution in [-0.4, -0.2) is 35.3 Å². The van der Waals surface area contributed by atoms with Crippen LogP contribution < -0.4 is 10.6 Å². The molecule has 0 bridgehead atoms. The number of hydrogen-bond acceptors (Lipinski definition) is 4. The van der Waals surface area contributed by atoms with Gasteiger partial charge in [0.25, 0.3) is 0 Å². The third-order valence-corrected chi connectivity index (χ3v) is 3.47. The van der Waals surface area contributed by atoms with Crippen LogP contribution in [0.1, 0.15) is 20.3 Å². The molecule has 2 rings (SSSR count). The van der Waals surface area contributed by atoms with Crippen LogP contribution in [-0.2, 0) is 9.53 Å². The lowest BCUT2D eigenvalue weighted by atomic mass is 10.0. The molecule has 0 unspecified atom stereocenters. The molecule has 0 aliphatic heterocycles. The first kappa shape index (κ1) is 17.5. The minimum absolute atomic E-state index is 0.251. The quantitative estimate of drug-likeness (QED) is 0.759. The first-order chi connectivity index (χ1) is 11.5. The molecule has 0 fully saturated rings. The van der Waals surface area contributed by atoms with Crippen LogP contribution in [0.15, 0.2) is 36.5 Å². The number of aromatic nitrogens is 2. The highest BCUT2D eigenvalue weighted by molar-refractivity contribution is 5.96. The summed E-state index contributed by atoms with van der Waals surface area (Å²) in [6.07, 6.45) is 1.58. The van der Waals surface area contributed by atoms with E-state index in [1.807, 2.05) is 32.0 Å². The number of alkyl carbamates (subject to hydrolysis) is 1. The number of carbonyl (C=O) groups is 2. The van der Waals surface area contributed by atoms with Crippen molar-refractivity contribution in [1.29, 1.82) is 0 Å². The molecule has 0 radical (unpaired) electrons. The number of aromatic amines is 1. The zero-order valence-electron chi connectivity index (χ0n) is 14.0. The van der Waals surface area contributed by atoms with Crippen LogP contribution in [0, 0.1) is 5.92 Å². The van der Waals surface area contributed by atoms with Gasteiger partial charge in [-0.15, -0.1) is 0 Å². The summed E-state index contributed by atoms with van der Waals surface area (Å²) >= 11 is 0. The molecule has 3 N–H and O–H groups in total. The monoisotopic (exact) mass is 330 g/mol. The number of benzene rings is 1. The summed E-state index contributed by atoms with van der Waals surface area (Å²) in [5.41, 5.74) is 2.53. The van der Waals surface area contributed by atoms with E-state index in [9.17, 15) is 9.59 Å². The van der Waals surface area contributed by atoms with Gasteiger partial charge in [0.05, 0.1) is 12.8 Å². The Morgan fingerprint density at radius 1 is 1.21 bits per heavy atom. The first-order valence-electron chi connectivity index (χ1n) is 7.74. The van der Waals surface area contributed by atoms with E-state index in [0.717, 1.165) is 11.3 Å². The summed E-state index contributed by atoms with van der Waals surface area (Å²) in [4.78, 5) is 23.8. The fraction of sp³-hybridized carbons (Fsp3) is 0.353. The third-order valence-electron chi connectivity index (χ3n) is 3.47. The molecule has 24 heavy (non-hydrogen) atoms. The minimum Gasteiger partial charge on any atom is -0.453 e. The summed E-state index contributed by atoms with van der Waals surface area (Å²) in [6, 6.07) is 8.59. The predicted octanol–water partition coefficient (Wildman–Crippen LogP) is 2.79. The summed E-state index contributed by atoms with van der Waals surface area (Å²) < 4.78 is 4.58. The number of rotatable bonds is 6. The Balaban J connectivity index is 2.04. The van der Waals surface area contributed by atoms with E-state index in [1.54, 1.807) is 18.3 Å². The number of carbonyl (C=O) groups excluding carboxylic acids is 2. The minimum atomic E-state index is -0.648. The van der Waals surface area contributed by atoms with Gasteiger partial charge in [-0.2, -0.15) is 5.10 Å². The van der Waals surface area contributed by atoms with Crippen molar-refractivity contribution in [3.8, 4) is 11.3 Å². The van der Waals surface area contributed by atoms with Gasteiger partial charge in [-0.1, -0.05) is 26.0 Å². The van der Waals surface area contributed by atoms with Gasteiger partial charge in [0, 0.05) is 11.9 Å².